The lowest BCUT2D eigenvalue weighted by atomic mass is 9.82. The summed E-state index contributed by atoms with van der Waals surface area (Å²) in [4.78, 5) is 12.9. The molecular formula is C24H21Cl2NO7S. The minimum Gasteiger partial charge on any atom is -0.497 e. The van der Waals surface area contributed by atoms with Crippen LogP contribution in [-0.4, -0.2) is 46.9 Å². The van der Waals surface area contributed by atoms with Gasteiger partial charge in [0.2, 0.25) is 0 Å². The Labute approximate surface area is 212 Å². The average molecular weight is 538 g/mol. The second-order valence-electron chi connectivity index (χ2n) is 7.65. The molecule has 0 aliphatic carbocycles. The zero-order valence-electron chi connectivity index (χ0n) is 18.9. The van der Waals surface area contributed by atoms with E-state index in [1.165, 1.54) is 62.8 Å². The van der Waals surface area contributed by atoms with Crippen molar-refractivity contribution in [3.05, 3.63) is 81.8 Å². The van der Waals surface area contributed by atoms with Gasteiger partial charge in [0.1, 0.15) is 16.4 Å². The van der Waals surface area contributed by atoms with Crippen LogP contribution in [-0.2, 0) is 25.2 Å². The van der Waals surface area contributed by atoms with Crippen molar-refractivity contribution in [3.63, 3.8) is 0 Å². The van der Waals surface area contributed by atoms with Crippen LogP contribution >= 0.6 is 23.2 Å². The maximum Gasteiger partial charge on any atom is 0.333 e. The summed E-state index contributed by atoms with van der Waals surface area (Å²) >= 11 is 12.7. The van der Waals surface area contributed by atoms with Crippen LogP contribution in [0.5, 0.6) is 11.5 Å². The molecule has 0 bridgehead atoms. The molecule has 0 amide bonds. The van der Waals surface area contributed by atoms with E-state index in [0.717, 1.165) is 11.4 Å². The van der Waals surface area contributed by atoms with Crippen LogP contribution in [0.1, 0.15) is 11.1 Å². The van der Waals surface area contributed by atoms with Crippen molar-refractivity contribution in [3.8, 4) is 11.5 Å². The number of hydrogen-bond donors (Lipinski definition) is 1. The highest BCUT2D eigenvalue weighted by molar-refractivity contribution is 7.93. The lowest BCUT2D eigenvalue weighted by Crippen LogP contribution is -2.53. The fourth-order valence-corrected chi connectivity index (χ4v) is 6.53. The van der Waals surface area contributed by atoms with Crippen molar-refractivity contribution in [1.29, 1.82) is 0 Å². The lowest BCUT2D eigenvalue weighted by molar-refractivity contribution is -0.146. The minimum absolute atomic E-state index is 0.0121. The molecule has 0 fully saturated rings. The van der Waals surface area contributed by atoms with Gasteiger partial charge in [0.25, 0.3) is 10.0 Å². The van der Waals surface area contributed by atoms with Crippen molar-refractivity contribution in [2.24, 2.45) is 0 Å². The number of rotatable bonds is 6. The third-order valence-corrected chi connectivity index (χ3v) is 8.22. The molecule has 184 valence electrons. The monoisotopic (exact) mass is 537 g/mol. The van der Waals surface area contributed by atoms with E-state index >= 15 is 0 Å². The Morgan fingerprint density at radius 2 is 1.69 bits per heavy atom. The van der Waals surface area contributed by atoms with E-state index in [1.54, 1.807) is 12.1 Å². The lowest BCUT2D eigenvalue weighted by Gasteiger charge is -2.34. The van der Waals surface area contributed by atoms with E-state index in [4.69, 9.17) is 37.4 Å². The number of hydrogen-bond acceptors (Lipinski definition) is 7. The molecule has 1 aliphatic heterocycles. The number of aliphatic hydroxyl groups is 1. The molecule has 3 aromatic carbocycles. The van der Waals surface area contributed by atoms with E-state index in [2.05, 4.69) is 0 Å². The van der Waals surface area contributed by atoms with Gasteiger partial charge in [-0.2, -0.15) is 0 Å². The number of halogens is 2. The highest BCUT2D eigenvalue weighted by atomic mass is 35.5. The van der Waals surface area contributed by atoms with Crippen LogP contribution in [0.25, 0.3) is 0 Å². The summed E-state index contributed by atoms with van der Waals surface area (Å²) in [6, 6.07) is 13.0. The van der Waals surface area contributed by atoms with Crippen LogP contribution in [0.2, 0.25) is 10.0 Å². The fraction of sp³-hybridized carbons (Fsp3) is 0.208. The number of fused-ring (bicyclic) bond motifs is 1. The maximum absolute atomic E-state index is 14.2. The minimum atomic E-state index is -4.56. The Hall–Kier alpha value is -2.98. The Kier molecular flexibility index (Phi) is 6.63. The van der Waals surface area contributed by atoms with Crippen LogP contribution in [0, 0.1) is 0 Å². The van der Waals surface area contributed by atoms with E-state index in [1.807, 2.05) is 0 Å². The molecule has 0 radical (unpaired) electrons. The molecule has 3 aromatic rings. The molecule has 0 aromatic heterocycles. The molecule has 35 heavy (non-hydrogen) atoms. The summed E-state index contributed by atoms with van der Waals surface area (Å²) in [5.41, 5.74) is -2.03. The normalized spacial score (nSPS) is 19.3. The molecular weight excluding hydrogens is 517 g/mol. The van der Waals surface area contributed by atoms with Gasteiger partial charge >= 0.3 is 5.97 Å². The second kappa shape index (κ2) is 9.23. The first kappa shape index (κ1) is 25.1. The smallest absolute Gasteiger partial charge is 0.333 e. The highest BCUT2D eigenvalue weighted by Gasteiger charge is 2.60. The first-order valence-corrected chi connectivity index (χ1v) is 12.4. The molecule has 0 saturated carbocycles. The zero-order valence-corrected chi connectivity index (χ0v) is 21.2. The van der Waals surface area contributed by atoms with Crippen molar-refractivity contribution in [2.45, 2.75) is 16.5 Å². The Morgan fingerprint density at radius 1 is 0.971 bits per heavy atom. The molecule has 1 N–H and O–H groups in total. The van der Waals surface area contributed by atoms with Gasteiger partial charge in [-0.05, 0) is 36.4 Å². The summed E-state index contributed by atoms with van der Waals surface area (Å²) in [5, 5.41) is 12.5. The van der Waals surface area contributed by atoms with Gasteiger partial charge in [-0.15, -0.1) is 0 Å². The number of anilines is 1. The van der Waals surface area contributed by atoms with Gasteiger partial charge in [-0.3, -0.25) is 0 Å². The topological polar surface area (TPSA) is 102 Å². The summed E-state index contributed by atoms with van der Waals surface area (Å²) < 4.78 is 44.6. The van der Waals surface area contributed by atoms with Gasteiger partial charge in [-0.25, -0.2) is 17.5 Å². The number of sulfonamides is 1. The standard InChI is InChI=1S/C24H21Cl2NO7S/c1-32-15-9-11-20(33-2)21(13-15)35(30,31)27-19-10-8-14(25)12-17(19)24(29,22(27)23(28)34-3)16-6-4-5-7-18(16)26/h4-13,22,29H,1-3H3. The van der Waals surface area contributed by atoms with Crippen LogP contribution in [0.4, 0.5) is 5.69 Å². The van der Waals surface area contributed by atoms with Gasteiger partial charge in [-0.1, -0.05) is 41.4 Å². The Balaban J connectivity index is 2.08. The summed E-state index contributed by atoms with van der Waals surface area (Å²) in [6.07, 6.45) is 0. The number of benzene rings is 3. The molecule has 2 atom stereocenters. The predicted molar refractivity (Wildman–Crippen MR) is 131 cm³/mol. The summed E-state index contributed by atoms with van der Waals surface area (Å²) in [6.45, 7) is 0. The van der Waals surface area contributed by atoms with E-state index in [9.17, 15) is 18.3 Å². The van der Waals surface area contributed by atoms with Crippen molar-refractivity contribution in [2.75, 3.05) is 25.6 Å². The van der Waals surface area contributed by atoms with Gasteiger partial charge in [0.15, 0.2) is 11.6 Å². The number of esters is 1. The van der Waals surface area contributed by atoms with Crippen LogP contribution in [0.3, 0.4) is 0 Å². The predicted octanol–water partition coefficient (Wildman–Crippen LogP) is 4.00. The third kappa shape index (κ3) is 3.88. The highest BCUT2D eigenvalue weighted by Crippen LogP contribution is 2.53. The molecule has 8 nitrogen and oxygen atoms in total. The molecule has 0 spiro atoms. The quantitative estimate of drug-likeness (QED) is 0.474. The van der Waals surface area contributed by atoms with Crippen molar-refractivity contribution in [1.82, 2.24) is 0 Å². The second-order valence-corrected chi connectivity index (χ2v) is 10.3. The first-order chi connectivity index (χ1) is 16.6. The molecule has 1 heterocycles. The number of methoxy groups -OCH3 is 3. The van der Waals surface area contributed by atoms with Gasteiger partial charge < -0.3 is 19.3 Å². The number of carbonyl (C=O) groups is 1. The molecule has 0 saturated heterocycles. The first-order valence-electron chi connectivity index (χ1n) is 10.2. The Morgan fingerprint density at radius 3 is 2.31 bits per heavy atom. The SMILES string of the molecule is COC(=O)C1N(S(=O)(=O)c2cc(OC)ccc2OC)c2ccc(Cl)cc2C1(O)c1ccccc1Cl. The largest absolute Gasteiger partial charge is 0.497 e. The van der Waals surface area contributed by atoms with Crippen LogP contribution in [0.15, 0.2) is 65.6 Å². The zero-order chi connectivity index (χ0) is 25.5. The third-order valence-electron chi connectivity index (χ3n) is 5.85. The van der Waals surface area contributed by atoms with Crippen molar-refractivity contribution >= 4 is 44.9 Å². The molecule has 2 unspecified atom stereocenters. The van der Waals surface area contributed by atoms with Gasteiger partial charge in [0.05, 0.1) is 27.0 Å². The van der Waals surface area contributed by atoms with E-state index in [0.29, 0.717) is 0 Å². The fourth-order valence-electron chi connectivity index (χ4n) is 4.26. The maximum atomic E-state index is 14.2. The molecule has 4 rings (SSSR count). The van der Waals surface area contributed by atoms with Crippen molar-refractivity contribution < 1.29 is 32.5 Å². The Bertz CT molecular complexity index is 1410. The van der Waals surface area contributed by atoms with Gasteiger partial charge in [0, 0.05) is 27.2 Å². The number of carbonyl (C=O) groups excluding carboxylic acids is 1. The molecule has 1 aliphatic rings. The average Bonchev–Trinajstić information content (AvgIpc) is 3.12. The van der Waals surface area contributed by atoms with E-state index < -0.39 is 27.6 Å². The summed E-state index contributed by atoms with van der Waals surface area (Å²) in [7, 11) is -0.752. The molecule has 11 heteroatoms. The van der Waals surface area contributed by atoms with Crippen LogP contribution < -0.4 is 13.8 Å². The van der Waals surface area contributed by atoms with E-state index in [-0.39, 0.29) is 43.3 Å². The summed E-state index contributed by atoms with van der Waals surface area (Å²) in [5.74, 6) is -0.751. The number of ether oxygens (including phenoxy) is 3. The number of nitrogens with zero attached hydrogens (tertiary/aromatic N) is 1.